The number of esters is 2. The van der Waals surface area contributed by atoms with E-state index in [9.17, 15) is 9.59 Å². The Hall–Kier alpha value is -2.62. The molecule has 0 aromatic heterocycles. The quantitative estimate of drug-likeness (QED) is 0.732. The summed E-state index contributed by atoms with van der Waals surface area (Å²) in [6, 6.07) is 18.7. The third-order valence-electron chi connectivity index (χ3n) is 5.01. The molecule has 3 rings (SSSR count). The predicted molar refractivity (Wildman–Crippen MR) is 98.7 cm³/mol. The first-order chi connectivity index (χ1) is 12.7. The molecule has 2 aromatic rings. The Labute approximate surface area is 154 Å². The van der Waals surface area contributed by atoms with Crippen LogP contribution in [0.2, 0.25) is 0 Å². The largest absolute Gasteiger partial charge is 0.465 e. The van der Waals surface area contributed by atoms with Crippen LogP contribution in [0.1, 0.15) is 42.1 Å². The summed E-state index contributed by atoms with van der Waals surface area (Å²) in [6.07, 6.45) is 2.20. The fraction of sp³-hybridized carbons (Fsp3) is 0.364. The van der Waals surface area contributed by atoms with Gasteiger partial charge in [0.25, 0.3) is 0 Å². The Kier molecular flexibility index (Phi) is 5.71. The monoisotopic (exact) mass is 352 g/mol. The summed E-state index contributed by atoms with van der Waals surface area (Å²) in [5.41, 5.74) is 0.724. The molecule has 4 nitrogen and oxygen atoms in total. The average Bonchev–Trinajstić information content (AvgIpc) is 3.07. The van der Waals surface area contributed by atoms with Gasteiger partial charge in [0.1, 0.15) is 11.5 Å². The van der Waals surface area contributed by atoms with E-state index in [1.165, 1.54) is 0 Å². The van der Waals surface area contributed by atoms with Gasteiger partial charge >= 0.3 is 11.9 Å². The lowest BCUT2D eigenvalue weighted by Gasteiger charge is -2.33. The maximum absolute atomic E-state index is 12.9. The van der Waals surface area contributed by atoms with Crippen molar-refractivity contribution in [2.75, 3.05) is 6.61 Å². The number of carbonyl (C=O) groups is 2. The van der Waals surface area contributed by atoms with Gasteiger partial charge < -0.3 is 9.47 Å². The second-order valence-corrected chi connectivity index (χ2v) is 6.69. The lowest BCUT2D eigenvalue weighted by molar-refractivity contribution is -0.161. The highest BCUT2D eigenvalue weighted by atomic mass is 16.6. The molecule has 0 heterocycles. The summed E-state index contributed by atoms with van der Waals surface area (Å²) in [5.74, 6) is -0.661. The molecule has 0 amide bonds. The van der Waals surface area contributed by atoms with Gasteiger partial charge in [-0.2, -0.15) is 0 Å². The van der Waals surface area contributed by atoms with Crippen LogP contribution in [0.15, 0.2) is 60.7 Å². The normalized spacial score (nSPS) is 22.0. The van der Waals surface area contributed by atoms with E-state index in [-0.39, 0.29) is 11.9 Å². The maximum atomic E-state index is 12.9. The first kappa shape index (κ1) is 18.2. The van der Waals surface area contributed by atoms with Crippen LogP contribution in [0.25, 0.3) is 0 Å². The molecule has 0 N–H and O–H groups in total. The summed E-state index contributed by atoms with van der Waals surface area (Å²) < 4.78 is 11.2. The van der Waals surface area contributed by atoms with Crippen molar-refractivity contribution in [3.63, 3.8) is 0 Å². The highest BCUT2D eigenvalue weighted by Crippen LogP contribution is 2.44. The highest BCUT2D eigenvalue weighted by Gasteiger charge is 2.52. The van der Waals surface area contributed by atoms with Gasteiger partial charge in [0.15, 0.2) is 0 Å². The van der Waals surface area contributed by atoms with Gasteiger partial charge in [-0.15, -0.1) is 0 Å². The fourth-order valence-corrected chi connectivity index (χ4v) is 3.73. The lowest BCUT2D eigenvalue weighted by Crippen LogP contribution is -2.44. The van der Waals surface area contributed by atoms with E-state index in [4.69, 9.17) is 9.47 Å². The van der Waals surface area contributed by atoms with Crippen LogP contribution in [-0.2, 0) is 20.7 Å². The third kappa shape index (κ3) is 3.79. The summed E-state index contributed by atoms with van der Waals surface area (Å²) in [5, 5.41) is 0. The fourth-order valence-electron chi connectivity index (χ4n) is 3.73. The molecule has 1 saturated carbocycles. The molecule has 2 atom stereocenters. The topological polar surface area (TPSA) is 52.6 Å². The van der Waals surface area contributed by atoms with E-state index in [2.05, 4.69) is 0 Å². The summed E-state index contributed by atoms with van der Waals surface area (Å²) in [4.78, 5) is 25.4. The summed E-state index contributed by atoms with van der Waals surface area (Å²) >= 11 is 0. The van der Waals surface area contributed by atoms with E-state index in [0.29, 0.717) is 31.4 Å². The molecule has 0 radical (unpaired) electrons. The zero-order valence-electron chi connectivity index (χ0n) is 15.0. The Morgan fingerprint density at radius 3 is 2.35 bits per heavy atom. The minimum Gasteiger partial charge on any atom is -0.465 e. The number of hydrogen-bond acceptors (Lipinski definition) is 4. The molecule has 136 valence electrons. The van der Waals surface area contributed by atoms with Crippen molar-refractivity contribution in [2.45, 2.75) is 38.7 Å². The van der Waals surface area contributed by atoms with Crippen LogP contribution < -0.4 is 0 Å². The minimum absolute atomic E-state index is 0.271. The van der Waals surface area contributed by atoms with Crippen LogP contribution in [0.3, 0.4) is 0 Å². The van der Waals surface area contributed by atoms with E-state index in [1.54, 1.807) is 31.2 Å². The van der Waals surface area contributed by atoms with Gasteiger partial charge in [-0.1, -0.05) is 48.5 Å². The average molecular weight is 352 g/mol. The number of rotatable bonds is 6. The van der Waals surface area contributed by atoms with Gasteiger partial charge in [-0.3, -0.25) is 4.79 Å². The van der Waals surface area contributed by atoms with Gasteiger partial charge in [0.05, 0.1) is 12.2 Å². The molecule has 0 spiro atoms. The van der Waals surface area contributed by atoms with Crippen LogP contribution in [0, 0.1) is 5.41 Å². The van der Waals surface area contributed by atoms with Gasteiger partial charge in [-0.05, 0) is 50.3 Å². The maximum Gasteiger partial charge on any atom is 0.338 e. The van der Waals surface area contributed by atoms with Crippen molar-refractivity contribution in [1.82, 2.24) is 0 Å². The van der Waals surface area contributed by atoms with E-state index < -0.39 is 11.5 Å². The van der Waals surface area contributed by atoms with Crippen molar-refractivity contribution in [2.24, 2.45) is 5.41 Å². The van der Waals surface area contributed by atoms with Gasteiger partial charge in [0.2, 0.25) is 0 Å². The minimum atomic E-state index is -0.818. The first-order valence-corrected chi connectivity index (χ1v) is 9.13. The number of benzene rings is 2. The molecule has 2 unspecified atom stereocenters. The van der Waals surface area contributed by atoms with E-state index >= 15 is 0 Å². The van der Waals surface area contributed by atoms with Crippen LogP contribution in [-0.4, -0.2) is 24.6 Å². The lowest BCUT2D eigenvalue weighted by atomic mass is 9.78. The standard InChI is InChI=1S/C22H24O4/c1-2-25-21(24)22(16-17-10-5-3-6-11-17)15-9-14-19(22)26-20(23)18-12-7-4-8-13-18/h3-8,10-13,19H,2,9,14-16H2,1H3. The zero-order chi connectivity index (χ0) is 18.4. The summed E-state index contributed by atoms with van der Waals surface area (Å²) in [6.45, 7) is 2.11. The van der Waals surface area contributed by atoms with Gasteiger partial charge in [0, 0.05) is 0 Å². The molecule has 1 aliphatic carbocycles. The molecule has 26 heavy (non-hydrogen) atoms. The van der Waals surface area contributed by atoms with Crippen molar-refractivity contribution in [3.8, 4) is 0 Å². The predicted octanol–water partition coefficient (Wildman–Crippen LogP) is 4.19. The Morgan fingerprint density at radius 2 is 1.69 bits per heavy atom. The smallest absolute Gasteiger partial charge is 0.338 e. The molecule has 2 aromatic carbocycles. The Bertz CT molecular complexity index is 741. The molecular formula is C22H24O4. The van der Waals surface area contributed by atoms with E-state index in [0.717, 1.165) is 12.0 Å². The molecule has 0 aliphatic heterocycles. The van der Waals surface area contributed by atoms with Crippen molar-refractivity contribution < 1.29 is 19.1 Å². The third-order valence-corrected chi connectivity index (χ3v) is 5.01. The number of carbonyl (C=O) groups excluding carboxylic acids is 2. The van der Waals surface area contributed by atoms with Gasteiger partial charge in [-0.25, -0.2) is 4.79 Å². The second-order valence-electron chi connectivity index (χ2n) is 6.69. The van der Waals surface area contributed by atoms with Crippen molar-refractivity contribution >= 4 is 11.9 Å². The van der Waals surface area contributed by atoms with Crippen LogP contribution in [0.5, 0.6) is 0 Å². The molecule has 4 heteroatoms. The molecule has 1 aliphatic rings. The second kappa shape index (κ2) is 8.17. The molecule has 1 fully saturated rings. The molecule has 0 saturated heterocycles. The molecular weight excluding hydrogens is 328 g/mol. The SMILES string of the molecule is CCOC(=O)C1(Cc2ccccc2)CCCC1OC(=O)c1ccccc1. The summed E-state index contributed by atoms with van der Waals surface area (Å²) in [7, 11) is 0. The van der Waals surface area contributed by atoms with E-state index in [1.807, 2.05) is 36.4 Å². The zero-order valence-corrected chi connectivity index (χ0v) is 15.0. The molecule has 0 bridgehead atoms. The number of hydrogen-bond donors (Lipinski definition) is 0. The first-order valence-electron chi connectivity index (χ1n) is 9.13. The Morgan fingerprint density at radius 1 is 1.04 bits per heavy atom. The van der Waals surface area contributed by atoms with Crippen LogP contribution >= 0.6 is 0 Å². The van der Waals surface area contributed by atoms with Crippen molar-refractivity contribution in [3.05, 3.63) is 71.8 Å². The highest BCUT2D eigenvalue weighted by molar-refractivity contribution is 5.90. The van der Waals surface area contributed by atoms with Crippen molar-refractivity contribution in [1.29, 1.82) is 0 Å². The number of ether oxygens (including phenoxy) is 2. The Balaban J connectivity index is 1.86. The van der Waals surface area contributed by atoms with Crippen LogP contribution in [0.4, 0.5) is 0 Å².